The Balaban J connectivity index is 1.71. The lowest BCUT2D eigenvalue weighted by atomic mass is 10.1. The van der Waals surface area contributed by atoms with Crippen molar-refractivity contribution in [2.75, 3.05) is 18.5 Å². The van der Waals surface area contributed by atoms with Gasteiger partial charge in [-0.2, -0.15) is 0 Å². The monoisotopic (exact) mass is 460 g/mol. The van der Waals surface area contributed by atoms with Crippen molar-refractivity contribution in [3.8, 4) is 11.4 Å². The number of aromatic nitrogens is 2. The first kappa shape index (κ1) is 23.2. The third kappa shape index (κ3) is 5.01. The van der Waals surface area contributed by atoms with E-state index in [9.17, 15) is 14.4 Å². The number of carbonyl (C=O) groups is 2. The molecule has 0 atom stereocenters. The fourth-order valence-corrected chi connectivity index (χ4v) is 4.03. The highest BCUT2D eigenvalue weighted by molar-refractivity contribution is 5.91. The molecule has 2 heterocycles. The van der Waals surface area contributed by atoms with Crippen molar-refractivity contribution in [3.63, 3.8) is 0 Å². The number of fused-ring (bicyclic) bond motifs is 1. The lowest BCUT2D eigenvalue weighted by Crippen LogP contribution is -2.42. The van der Waals surface area contributed by atoms with Crippen LogP contribution in [0.5, 0.6) is 0 Å². The van der Waals surface area contributed by atoms with Gasteiger partial charge in [0, 0.05) is 23.4 Å². The number of rotatable bonds is 5. The Morgan fingerprint density at radius 2 is 1.85 bits per heavy atom. The van der Waals surface area contributed by atoms with E-state index in [2.05, 4.69) is 5.32 Å². The number of ether oxygens (including phenoxy) is 1. The highest BCUT2D eigenvalue weighted by Gasteiger charge is 2.27. The van der Waals surface area contributed by atoms with Gasteiger partial charge in [0.25, 0.3) is 5.56 Å². The second-order valence-corrected chi connectivity index (χ2v) is 8.41. The molecule has 3 aromatic rings. The number of amides is 2. The van der Waals surface area contributed by atoms with Crippen LogP contribution in [0, 0.1) is 13.8 Å². The Hall–Kier alpha value is -3.94. The average molecular weight is 461 g/mol. The van der Waals surface area contributed by atoms with Crippen molar-refractivity contribution in [2.45, 2.75) is 40.3 Å². The van der Waals surface area contributed by atoms with E-state index in [1.807, 2.05) is 62.4 Å². The van der Waals surface area contributed by atoms with Gasteiger partial charge in [0.15, 0.2) is 0 Å². The number of nitrogens with zero attached hydrogens (tertiary/aromatic N) is 3. The first-order chi connectivity index (χ1) is 16.4. The van der Waals surface area contributed by atoms with Gasteiger partial charge in [-0.1, -0.05) is 42.0 Å². The van der Waals surface area contributed by atoms with Gasteiger partial charge in [-0.15, -0.1) is 0 Å². The SMILES string of the molecule is CCOC(=O)N1CCc2c(nc(-c3ccc(C)cc3)n(CC(=O)Nc3cccc(C)c3)c2=O)C1. The summed E-state index contributed by atoms with van der Waals surface area (Å²) in [7, 11) is 0. The van der Waals surface area contributed by atoms with Crippen LogP contribution in [0.1, 0.15) is 29.3 Å². The second-order valence-electron chi connectivity index (χ2n) is 8.41. The first-order valence-electron chi connectivity index (χ1n) is 11.3. The summed E-state index contributed by atoms with van der Waals surface area (Å²) in [5.41, 5.74) is 4.30. The maximum absolute atomic E-state index is 13.5. The Kier molecular flexibility index (Phi) is 6.77. The number of hydrogen-bond acceptors (Lipinski definition) is 5. The molecule has 0 bridgehead atoms. The smallest absolute Gasteiger partial charge is 0.410 e. The third-order valence-electron chi connectivity index (χ3n) is 5.76. The number of benzene rings is 2. The molecule has 0 saturated heterocycles. The third-order valence-corrected chi connectivity index (χ3v) is 5.76. The number of anilines is 1. The van der Waals surface area contributed by atoms with E-state index in [-0.39, 0.29) is 31.2 Å². The van der Waals surface area contributed by atoms with Gasteiger partial charge in [-0.05, 0) is 44.9 Å². The van der Waals surface area contributed by atoms with E-state index in [0.29, 0.717) is 35.7 Å². The van der Waals surface area contributed by atoms with Crippen molar-refractivity contribution in [3.05, 3.63) is 81.3 Å². The molecule has 1 aromatic heterocycles. The van der Waals surface area contributed by atoms with Gasteiger partial charge in [0.05, 0.1) is 18.8 Å². The summed E-state index contributed by atoms with van der Waals surface area (Å²) in [6.07, 6.45) is -0.0678. The molecule has 8 heteroatoms. The van der Waals surface area contributed by atoms with Crippen LogP contribution in [0.2, 0.25) is 0 Å². The Morgan fingerprint density at radius 1 is 1.09 bits per heavy atom. The highest BCUT2D eigenvalue weighted by atomic mass is 16.6. The van der Waals surface area contributed by atoms with Crippen LogP contribution >= 0.6 is 0 Å². The molecule has 1 aliphatic heterocycles. The van der Waals surface area contributed by atoms with Crippen molar-refractivity contribution in [1.82, 2.24) is 14.5 Å². The minimum atomic E-state index is -0.423. The molecular formula is C26H28N4O4. The molecule has 0 fully saturated rings. The summed E-state index contributed by atoms with van der Waals surface area (Å²) in [6.45, 7) is 6.34. The molecule has 176 valence electrons. The first-order valence-corrected chi connectivity index (χ1v) is 11.3. The fourth-order valence-electron chi connectivity index (χ4n) is 4.03. The Morgan fingerprint density at radius 3 is 2.56 bits per heavy atom. The molecule has 1 N–H and O–H groups in total. The molecule has 0 radical (unpaired) electrons. The topological polar surface area (TPSA) is 93.5 Å². The van der Waals surface area contributed by atoms with Gasteiger partial charge in [-0.3, -0.25) is 14.2 Å². The lowest BCUT2D eigenvalue weighted by molar-refractivity contribution is -0.116. The molecule has 1 aliphatic rings. The van der Waals surface area contributed by atoms with E-state index < -0.39 is 6.09 Å². The average Bonchev–Trinajstić information content (AvgIpc) is 2.81. The molecule has 34 heavy (non-hydrogen) atoms. The molecular weight excluding hydrogens is 432 g/mol. The molecule has 2 amide bonds. The van der Waals surface area contributed by atoms with Crippen molar-refractivity contribution in [1.29, 1.82) is 0 Å². The van der Waals surface area contributed by atoms with Crippen LogP contribution in [0.25, 0.3) is 11.4 Å². The fraction of sp³-hybridized carbons (Fsp3) is 0.308. The van der Waals surface area contributed by atoms with Gasteiger partial charge in [0.2, 0.25) is 5.91 Å². The van der Waals surface area contributed by atoms with Crippen molar-refractivity contribution >= 4 is 17.7 Å². The largest absolute Gasteiger partial charge is 0.450 e. The summed E-state index contributed by atoms with van der Waals surface area (Å²) in [5.74, 6) is 0.0839. The predicted octanol–water partition coefficient (Wildman–Crippen LogP) is 3.68. The van der Waals surface area contributed by atoms with E-state index in [0.717, 1.165) is 16.7 Å². The highest BCUT2D eigenvalue weighted by Crippen LogP contribution is 2.22. The summed E-state index contributed by atoms with van der Waals surface area (Å²) >= 11 is 0. The number of nitrogens with one attached hydrogen (secondary N) is 1. The molecule has 2 aromatic carbocycles. The number of aryl methyl sites for hydroxylation is 2. The molecule has 0 aliphatic carbocycles. The summed E-state index contributed by atoms with van der Waals surface area (Å²) in [4.78, 5) is 45.0. The molecule has 4 rings (SSSR count). The quantitative estimate of drug-likeness (QED) is 0.627. The standard InChI is InChI=1S/C26H28N4O4/c1-4-34-26(33)29-13-12-21-22(15-29)28-24(19-10-8-17(2)9-11-19)30(25(21)32)16-23(31)27-20-7-5-6-18(3)14-20/h5-11,14H,4,12-13,15-16H2,1-3H3,(H,27,31). The minimum Gasteiger partial charge on any atom is -0.450 e. The van der Waals surface area contributed by atoms with E-state index in [1.165, 1.54) is 4.57 Å². The van der Waals surface area contributed by atoms with E-state index in [1.54, 1.807) is 11.8 Å². The van der Waals surface area contributed by atoms with Gasteiger partial charge in [0.1, 0.15) is 12.4 Å². The van der Waals surface area contributed by atoms with Crippen LogP contribution < -0.4 is 10.9 Å². The Labute approximate surface area is 198 Å². The normalized spacial score (nSPS) is 12.7. The summed E-state index contributed by atoms with van der Waals surface area (Å²) in [5, 5.41) is 2.87. The van der Waals surface area contributed by atoms with Crippen LogP contribution in [0.3, 0.4) is 0 Å². The molecule has 0 spiro atoms. The van der Waals surface area contributed by atoms with Crippen LogP contribution in [0.15, 0.2) is 53.3 Å². The second kappa shape index (κ2) is 9.91. The number of carbonyl (C=O) groups excluding carboxylic acids is 2. The molecule has 8 nitrogen and oxygen atoms in total. The van der Waals surface area contributed by atoms with Gasteiger partial charge in [-0.25, -0.2) is 9.78 Å². The van der Waals surface area contributed by atoms with Crippen molar-refractivity contribution in [2.24, 2.45) is 0 Å². The number of hydrogen-bond donors (Lipinski definition) is 1. The van der Waals surface area contributed by atoms with E-state index >= 15 is 0 Å². The van der Waals surface area contributed by atoms with Gasteiger partial charge >= 0.3 is 6.09 Å². The minimum absolute atomic E-state index is 0.169. The molecule has 0 saturated carbocycles. The van der Waals surface area contributed by atoms with E-state index in [4.69, 9.17) is 9.72 Å². The summed E-state index contributed by atoms with van der Waals surface area (Å²) in [6, 6.07) is 15.1. The zero-order chi connectivity index (χ0) is 24.2. The van der Waals surface area contributed by atoms with Gasteiger partial charge < -0.3 is 15.0 Å². The molecule has 0 unspecified atom stereocenters. The van der Waals surface area contributed by atoms with Crippen LogP contribution in [0.4, 0.5) is 10.5 Å². The predicted molar refractivity (Wildman–Crippen MR) is 130 cm³/mol. The maximum atomic E-state index is 13.5. The van der Waals surface area contributed by atoms with Crippen LogP contribution in [-0.2, 0) is 29.0 Å². The zero-order valence-corrected chi connectivity index (χ0v) is 19.6. The van der Waals surface area contributed by atoms with Crippen molar-refractivity contribution < 1.29 is 14.3 Å². The lowest BCUT2D eigenvalue weighted by Gasteiger charge is -2.28. The Bertz CT molecular complexity index is 1280. The summed E-state index contributed by atoms with van der Waals surface area (Å²) < 4.78 is 6.54. The zero-order valence-electron chi connectivity index (χ0n) is 19.6. The van der Waals surface area contributed by atoms with Crippen LogP contribution in [-0.4, -0.2) is 39.6 Å². The maximum Gasteiger partial charge on any atom is 0.410 e.